The fourth-order valence-corrected chi connectivity index (χ4v) is 3.26. The summed E-state index contributed by atoms with van der Waals surface area (Å²) in [5, 5.41) is 2.70. The zero-order valence-electron chi connectivity index (χ0n) is 15.5. The standard InChI is InChI=1S/C21H24FN3O2/c1-16(26)23-20-9-5-18(6-10-20)21(27)25-12-2-11-24(13-14-25)15-17-3-7-19(22)8-4-17/h3-10H,2,11-15H2,1H3,(H,23,26). The molecule has 1 saturated heterocycles. The van der Waals surface area contributed by atoms with Gasteiger partial charge in [0.1, 0.15) is 5.82 Å². The molecule has 1 aliphatic heterocycles. The molecule has 2 amide bonds. The van der Waals surface area contributed by atoms with Crippen LogP contribution in [-0.2, 0) is 11.3 Å². The van der Waals surface area contributed by atoms with E-state index >= 15 is 0 Å². The molecular formula is C21H24FN3O2. The fraction of sp³-hybridized carbons (Fsp3) is 0.333. The number of anilines is 1. The number of nitrogens with zero attached hydrogens (tertiary/aromatic N) is 2. The molecule has 142 valence electrons. The number of hydrogen-bond acceptors (Lipinski definition) is 3. The van der Waals surface area contributed by atoms with Crippen molar-refractivity contribution in [3.63, 3.8) is 0 Å². The van der Waals surface area contributed by atoms with Crippen LogP contribution in [0, 0.1) is 5.82 Å². The largest absolute Gasteiger partial charge is 0.337 e. The minimum absolute atomic E-state index is 0.00741. The zero-order valence-corrected chi connectivity index (χ0v) is 15.5. The first kappa shape index (κ1) is 19.0. The van der Waals surface area contributed by atoms with Crippen molar-refractivity contribution in [1.82, 2.24) is 9.80 Å². The topological polar surface area (TPSA) is 52.7 Å². The van der Waals surface area contributed by atoms with Crippen LogP contribution in [0.5, 0.6) is 0 Å². The van der Waals surface area contributed by atoms with Crippen LogP contribution >= 0.6 is 0 Å². The number of benzene rings is 2. The van der Waals surface area contributed by atoms with Crippen LogP contribution in [0.3, 0.4) is 0 Å². The highest BCUT2D eigenvalue weighted by molar-refractivity contribution is 5.95. The highest BCUT2D eigenvalue weighted by atomic mass is 19.1. The second-order valence-electron chi connectivity index (χ2n) is 6.81. The molecule has 1 heterocycles. The van der Waals surface area contributed by atoms with E-state index in [-0.39, 0.29) is 17.6 Å². The Balaban J connectivity index is 1.57. The van der Waals surface area contributed by atoms with E-state index in [2.05, 4.69) is 10.2 Å². The summed E-state index contributed by atoms with van der Waals surface area (Å²) in [6.45, 7) is 5.27. The Morgan fingerprint density at radius 1 is 0.963 bits per heavy atom. The lowest BCUT2D eigenvalue weighted by atomic mass is 10.1. The molecular weight excluding hydrogens is 345 g/mol. The van der Waals surface area contributed by atoms with Crippen LogP contribution in [0.25, 0.3) is 0 Å². The molecule has 5 nitrogen and oxygen atoms in total. The molecule has 27 heavy (non-hydrogen) atoms. The molecule has 1 N–H and O–H groups in total. The summed E-state index contributed by atoms with van der Waals surface area (Å²) in [6.07, 6.45) is 0.900. The molecule has 6 heteroatoms. The third kappa shape index (κ3) is 5.37. The number of amides is 2. The van der Waals surface area contributed by atoms with E-state index in [1.165, 1.54) is 19.1 Å². The summed E-state index contributed by atoms with van der Waals surface area (Å²) in [5.74, 6) is -0.355. The second-order valence-corrected chi connectivity index (χ2v) is 6.81. The molecule has 2 aromatic carbocycles. The van der Waals surface area contributed by atoms with Crippen LogP contribution in [0.2, 0.25) is 0 Å². The van der Waals surface area contributed by atoms with Gasteiger partial charge < -0.3 is 10.2 Å². The van der Waals surface area contributed by atoms with Gasteiger partial charge in [-0.1, -0.05) is 12.1 Å². The fourth-order valence-electron chi connectivity index (χ4n) is 3.26. The number of hydrogen-bond donors (Lipinski definition) is 1. The van der Waals surface area contributed by atoms with Gasteiger partial charge in [0.25, 0.3) is 5.91 Å². The zero-order chi connectivity index (χ0) is 19.2. The number of carbonyl (C=O) groups is 2. The Bertz CT molecular complexity index is 790. The van der Waals surface area contributed by atoms with Crippen molar-refractivity contribution in [3.05, 3.63) is 65.5 Å². The van der Waals surface area contributed by atoms with Crippen molar-refractivity contribution >= 4 is 17.5 Å². The third-order valence-electron chi connectivity index (χ3n) is 4.65. The summed E-state index contributed by atoms with van der Waals surface area (Å²) < 4.78 is 13.0. The summed E-state index contributed by atoms with van der Waals surface area (Å²) in [7, 11) is 0. The van der Waals surface area contributed by atoms with Gasteiger partial charge in [-0.2, -0.15) is 0 Å². The minimum atomic E-state index is -0.226. The molecule has 0 unspecified atom stereocenters. The van der Waals surface area contributed by atoms with Crippen LogP contribution in [0.15, 0.2) is 48.5 Å². The number of rotatable bonds is 4. The minimum Gasteiger partial charge on any atom is -0.337 e. The summed E-state index contributed by atoms with van der Waals surface area (Å²) in [4.78, 5) is 28.0. The number of nitrogens with one attached hydrogen (secondary N) is 1. The maximum absolute atomic E-state index is 13.0. The maximum atomic E-state index is 13.0. The van der Waals surface area contributed by atoms with E-state index in [1.54, 1.807) is 36.4 Å². The molecule has 1 fully saturated rings. The molecule has 0 bridgehead atoms. The van der Waals surface area contributed by atoms with Crippen molar-refractivity contribution in [2.45, 2.75) is 19.9 Å². The highest BCUT2D eigenvalue weighted by Gasteiger charge is 2.20. The van der Waals surface area contributed by atoms with Gasteiger partial charge >= 0.3 is 0 Å². The molecule has 0 saturated carbocycles. The monoisotopic (exact) mass is 369 g/mol. The van der Waals surface area contributed by atoms with E-state index < -0.39 is 0 Å². The van der Waals surface area contributed by atoms with Gasteiger partial charge in [0.2, 0.25) is 5.91 Å². The third-order valence-corrected chi connectivity index (χ3v) is 4.65. The lowest BCUT2D eigenvalue weighted by Gasteiger charge is -2.22. The molecule has 0 aromatic heterocycles. The van der Waals surface area contributed by atoms with Gasteiger partial charge in [-0.15, -0.1) is 0 Å². The normalized spacial score (nSPS) is 15.3. The number of halogens is 1. The first-order valence-corrected chi connectivity index (χ1v) is 9.15. The van der Waals surface area contributed by atoms with Crippen molar-refractivity contribution in [1.29, 1.82) is 0 Å². The number of carbonyl (C=O) groups excluding carboxylic acids is 2. The lowest BCUT2D eigenvalue weighted by Crippen LogP contribution is -2.35. The van der Waals surface area contributed by atoms with Crippen LogP contribution < -0.4 is 5.32 Å². The van der Waals surface area contributed by atoms with E-state index in [9.17, 15) is 14.0 Å². The Morgan fingerprint density at radius 2 is 1.67 bits per heavy atom. The predicted octanol–water partition coefficient (Wildman–Crippen LogP) is 3.13. The Labute approximate surface area is 158 Å². The van der Waals surface area contributed by atoms with Crippen LogP contribution in [0.1, 0.15) is 29.3 Å². The van der Waals surface area contributed by atoms with Gasteiger partial charge in [0, 0.05) is 50.9 Å². The molecule has 3 rings (SSSR count). The van der Waals surface area contributed by atoms with Gasteiger partial charge in [-0.05, 0) is 48.4 Å². The maximum Gasteiger partial charge on any atom is 0.253 e. The van der Waals surface area contributed by atoms with Gasteiger partial charge in [-0.3, -0.25) is 14.5 Å². The summed E-state index contributed by atoms with van der Waals surface area (Å²) >= 11 is 0. The quantitative estimate of drug-likeness (QED) is 0.901. The van der Waals surface area contributed by atoms with E-state index in [1.807, 2.05) is 4.90 Å². The summed E-state index contributed by atoms with van der Waals surface area (Å²) in [5.41, 5.74) is 2.38. The molecule has 0 radical (unpaired) electrons. The Morgan fingerprint density at radius 3 is 2.33 bits per heavy atom. The SMILES string of the molecule is CC(=O)Nc1ccc(C(=O)N2CCCN(Cc3ccc(F)cc3)CC2)cc1. The smallest absolute Gasteiger partial charge is 0.253 e. The van der Waals surface area contributed by atoms with E-state index in [0.717, 1.165) is 31.6 Å². The average molecular weight is 369 g/mol. The van der Waals surface area contributed by atoms with Crippen molar-refractivity contribution in [2.75, 3.05) is 31.5 Å². The summed E-state index contributed by atoms with van der Waals surface area (Å²) in [6, 6.07) is 13.5. The predicted molar refractivity (Wildman–Crippen MR) is 103 cm³/mol. The molecule has 1 aliphatic rings. The molecule has 0 atom stereocenters. The highest BCUT2D eigenvalue weighted by Crippen LogP contribution is 2.15. The van der Waals surface area contributed by atoms with E-state index in [0.29, 0.717) is 24.3 Å². The second kappa shape index (κ2) is 8.77. The molecule has 0 spiro atoms. The van der Waals surface area contributed by atoms with Crippen LogP contribution in [-0.4, -0.2) is 47.8 Å². The van der Waals surface area contributed by atoms with Gasteiger partial charge in [-0.25, -0.2) is 4.39 Å². The van der Waals surface area contributed by atoms with Crippen LogP contribution in [0.4, 0.5) is 10.1 Å². The first-order valence-electron chi connectivity index (χ1n) is 9.15. The van der Waals surface area contributed by atoms with Crippen molar-refractivity contribution in [2.24, 2.45) is 0 Å². The van der Waals surface area contributed by atoms with Crippen molar-refractivity contribution < 1.29 is 14.0 Å². The Kier molecular flexibility index (Phi) is 6.19. The lowest BCUT2D eigenvalue weighted by molar-refractivity contribution is -0.114. The van der Waals surface area contributed by atoms with Gasteiger partial charge in [0.05, 0.1) is 0 Å². The average Bonchev–Trinajstić information content (AvgIpc) is 2.89. The molecule has 0 aliphatic carbocycles. The van der Waals surface area contributed by atoms with Gasteiger partial charge in [0.15, 0.2) is 0 Å². The molecule has 2 aromatic rings. The Hall–Kier alpha value is -2.73. The van der Waals surface area contributed by atoms with Crippen molar-refractivity contribution in [3.8, 4) is 0 Å². The first-order chi connectivity index (χ1) is 13.0. The van der Waals surface area contributed by atoms with E-state index in [4.69, 9.17) is 0 Å².